The van der Waals surface area contributed by atoms with Gasteiger partial charge in [0.15, 0.2) is 0 Å². The second-order valence-corrected chi connectivity index (χ2v) is 5.28. The summed E-state index contributed by atoms with van der Waals surface area (Å²) in [7, 11) is 3.54. The average molecular weight is 286 g/mol. The molecule has 0 aliphatic carbocycles. The number of hydrogen-bond donors (Lipinski definition) is 1. The van der Waals surface area contributed by atoms with E-state index < -0.39 is 0 Å². The van der Waals surface area contributed by atoms with Crippen molar-refractivity contribution in [3.8, 4) is 0 Å². The number of amides is 1. The Hall–Kier alpha value is -2.23. The molecule has 1 heterocycles. The van der Waals surface area contributed by atoms with Gasteiger partial charge < -0.3 is 14.6 Å². The monoisotopic (exact) mass is 286 g/mol. The third-order valence-electron chi connectivity index (χ3n) is 3.44. The highest BCUT2D eigenvalue weighted by Crippen LogP contribution is 2.23. The minimum atomic E-state index is 0.109. The Morgan fingerprint density at radius 3 is 2.48 bits per heavy atom. The van der Waals surface area contributed by atoms with Crippen molar-refractivity contribution in [1.29, 1.82) is 0 Å². The van der Waals surface area contributed by atoms with E-state index >= 15 is 0 Å². The highest BCUT2D eigenvalue weighted by Gasteiger charge is 2.12. The molecule has 4 heteroatoms. The van der Waals surface area contributed by atoms with Crippen LogP contribution in [0, 0.1) is 0 Å². The number of carbonyl (C=O) groups is 1. The number of hydrogen-bond acceptors (Lipinski definition) is 3. The van der Waals surface area contributed by atoms with Gasteiger partial charge in [-0.15, -0.1) is 0 Å². The Morgan fingerprint density at radius 2 is 1.95 bits per heavy atom. The van der Waals surface area contributed by atoms with Gasteiger partial charge in [-0.1, -0.05) is 19.1 Å². The standard InChI is InChI=1S/C17H22N2O2/c1-4-15(16-6-5-11-21-16)18-14-9-7-13(8-10-14)12-17(20)19(2)3/h5-11,15,18H,4,12H2,1-3H3. The number of nitrogens with zero attached hydrogens (tertiary/aromatic N) is 1. The summed E-state index contributed by atoms with van der Waals surface area (Å²) in [5.41, 5.74) is 2.05. The zero-order chi connectivity index (χ0) is 15.2. The van der Waals surface area contributed by atoms with Crippen molar-refractivity contribution in [2.75, 3.05) is 19.4 Å². The molecule has 1 amide bonds. The van der Waals surface area contributed by atoms with Crippen molar-refractivity contribution in [3.63, 3.8) is 0 Å². The molecule has 4 nitrogen and oxygen atoms in total. The molecule has 0 saturated carbocycles. The van der Waals surface area contributed by atoms with Gasteiger partial charge in [0.25, 0.3) is 0 Å². The number of carbonyl (C=O) groups excluding carboxylic acids is 1. The van der Waals surface area contributed by atoms with Crippen LogP contribution in [-0.2, 0) is 11.2 Å². The van der Waals surface area contributed by atoms with E-state index in [0.29, 0.717) is 6.42 Å². The normalized spacial score (nSPS) is 12.0. The molecule has 1 unspecified atom stereocenters. The molecule has 0 fully saturated rings. The van der Waals surface area contributed by atoms with E-state index in [4.69, 9.17) is 4.42 Å². The molecule has 1 aromatic heterocycles. The average Bonchev–Trinajstić information content (AvgIpc) is 3.00. The summed E-state index contributed by atoms with van der Waals surface area (Å²) in [6, 6.07) is 12.0. The largest absolute Gasteiger partial charge is 0.467 e. The molecule has 0 spiro atoms. The summed E-state index contributed by atoms with van der Waals surface area (Å²) in [6.07, 6.45) is 3.06. The van der Waals surface area contributed by atoms with Gasteiger partial charge >= 0.3 is 0 Å². The molecule has 21 heavy (non-hydrogen) atoms. The van der Waals surface area contributed by atoms with Crippen LogP contribution in [-0.4, -0.2) is 24.9 Å². The van der Waals surface area contributed by atoms with Gasteiger partial charge in [-0.25, -0.2) is 0 Å². The van der Waals surface area contributed by atoms with Crippen LogP contribution in [0.25, 0.3) is 0 Å². The fourth-order valence-electron chi connectivity index (χ4n) is 2.12. The summed E-state index contributed by atoms with van der Waals surface area (Å²) in [6.45, 7) is 2.12. The van der Waals surface area contributed by atoms with Crippen molar-refractivity contribution in [2.45, 2.75) is 25.8 Å². The van der Waals surface area contributed by atoms with Gasteiger partial charge in [0.2, 0.25) is 5.91 Å². The van der Waals surface area contributed by atoms with Crippen molar-refractivity contribution in [2.24, 2.45) is 0 Å². The van der Waals surface area contributed by atoms with Crippen LogP contribution in [0.4, 0.5) is 5.69 Å². The lowest BCUT2D eigenvalue weighted by Crippen LogP contribution is -2.23. The first-order valence-electron chi connectivity index (χ1n) is 7.19. The van der Waals surface area contributed by atoms with Crippen LogP contribution in [0.5, 0.6) is 0 Å². The Labute approximate surface area is 125 Å². The van der Waals surface area contributed by atoms with Crippen molar-refractivity contribution < 1.29 is 9.21 Å². The van der Waals surface area contributed by atoms with Gasteiger partial charge in [-0.3, -0.25) is 4.79 Å². The number of likely N-dealkylation sites (N-methyl/N-ethyl adjacent to an activating group) is 1. The molecular formula is C17H22N2O2. The van der Waals surface area contributed by atoms with Gasteiger partial charge in [-0.05, 0) is 36.2 Å². The first-order chi connectivity index (χ1) is 10.1. The van der Waals surface area contributed by atoms with Gasteiger partial charge in [0.05, 0.1) is 18.7 Å². The summed E-state index contributed by atoms with van der Waals surface area (Å²) in [5.74, 6) is 1.04. The molecule has 2 aromatic rings. The van der Waals surface area contributed by atoms with Gasteiger partial charge in [0, 0.05) is 19.8 Å². The van der Waals surface area contributed by atoms with Crippen LogP contribution in [0.2, 0.25) is 0 Å². The SMILES string of the molecule is CCC(Nc1ccc(CC(=O)N(C)C)cc1)c1ccco1. The summed E-state index contributed by atoms with van der Waals surface area (Å²) < 4.78 is 5.45. The molecule has 0 aliphatic rings. The minimum absolute atomic E-state index is 0.109. The smallest absolute Gasteiger partial charge is 0.226 e. The van der Waals surface area contributed by atoms with Gasteiger partial charge in [-0.2, -0.15) is 0 Å². The lowest BCUT2D eigenvalue weighted by molar-refractivity contribution is -0.127. The Balaban J connectivity index is 2.00. The number of nitrogens with one attached hydrogen (secondary N) is 1. The molecule has 0 bridgehead atoms. The van der Waals surface area contributed by atoms with Crippen LogP contribution >= 0.6 is 0 Å². The van der Waals surface area contributed by atoms with E-state index in [-0.39, 0.29) is 11.9 Å². The first-order valence-corrected chi connectivity index (χ1v) is 7.19. The zero-order valence-electron chi connectivity index (χ0n) is 12.8. The topological polar surface area (TPSA) is 45.5 Å². The van der Waals surface area contributed by atoms with E-state index in [0.717, 1.165) is 23.4 Å². The summed E-state index contributed by atoms with van der Waals surface area (Å²) in [5, 5.41) is 3.45. The maximum absolute atomic E-state index is 11.7. The minimum Gasteiger partial charge on any atom is -0.467 e. The quantitative estimate of drug-likeness (QED) is 0.884. The molecule has 112 valence electrons. The van der Waals surface area contributed by atoms with Crippen molar-refractivity contribution in [1.82, 2.24) is 4.90 Å². The maximum Gasteiger partial charge on any atom is 0.226 e. The van der Waals surface area contributed by atoms with Crippen LogP contribution < -0.4 is 5.32 Å². The van der Waals surface area contributed by atoms with E-state index in [2.05, 4.69) is 12.2 Å². The molecule has 1 aromatic carbocycles. The number of anilines is 1. The van der Waals surface area contributed by atoms with E-state index in [1.165, 1.54) is 0 Å². The predicted octanol–water partition coefficient (Wildman–Crippen LogP) is 3.47. The third kappa shape index (κ3) is 4.12. The third-order valence-corrected chi connectivity index (χ3v) is 3.44. The van der Waals surface area contributed by atoms with E-state index in [9.17, 15) is 4.79 Å². The number of benzene rings is 1. The second-order valence-electron chi connectivity index (χ2n) is 5.28. The lowest BCUT2D eigenvalue weighted by Gasteiger charge is -2.16. The Bertz CT molecular complexity index is 559. The van der Waals surface area contributed by atoms with E-state index in [1.807, 2.05) is 36.4 Å². The molecule has 1 N–H and O–H groups in total. The highest BCUT2D eigenvalue weighted by molar-refractivity contribution is 5.78. The maximum atomic E-state index is 11.7. The van der Waals surface area contributed by atoms with Crippen molar-refractivity contribution in [3.05, 3.63) is 54.0 Å². The fourth-order valence-corrected chi connectivity index (χ4v) is 2.12. The summed E-state index contributed by atoms with van der Waals surface area (Å²) in [4.78, 5) is 13.3. The van der Waals surface area contributed by atoms with Crippen LogP contribution in [0.15, 0.2) is 47.1 Å². The molecule has 0 aliphatic heterocycles. The predicted molar refractivity (Wildman–Crippen MR) is 84.2 cm³/mol. The van der Waals surface area contributed by atoms with E-state index in [1.54, 1.807) is 25.3 Å². The molecule has 0 radical (unpaired) electrons. The fraction of sp³-hybridized carbons (Fsp3) is 0.353. The molecule has 2 rings (SSSR count). The highest BCUT2D eigenvalue weighted by atomic mass is 16.3. The number of rotatable bonds is 6. The molecular weight excluding hydrogens is 264 g/mol. The first kappa shape index (κ1) is 15.2. The summed E-state index contributed by atoms with van der Waals surface area (Å²) >= 11 is 0. The zero-order valence-corrected chi connectivity index (χ0v) is 12.8. The van der Waals surface area contributed by atoms with Gasteiger partial charge in [0.1, 0.15) is 5.76 Å². The van der Waals surface area contributed by atoms with Crippen LogP contribution in [0.3, 0.4) is 0 Å². The molecule has 0 saturated heterocycles. The van der Waals surface area contributed by atoms with Crippen molar-refractivity contribution >= 4 is 11.6 Å². The molecule has 1 atom stereocenters. The Morgan fingerprint density at radius 1 is 1.24 bits per heavy atom. The number of furan rings is 1. The second kappa shape index (κ2) is 6.97. The lowest BCUT2D eigenvalue weighted by atomic mass is 10.1. The Kier molecular flexibility index (Phi) is 5.04. The van der Waals surface area contributed by atoms with Crippen LogP contribution in [0.1, 0.15) is 30.7 Å².